The molecule has 0 unspecified atom stereocenters. The van der Waals surface area contributed by atoms with Crippen molar-refractivity contribution < 1.29 is 0 Å². The van der Waals surface area contributed by atoms with E-state index in [0.29, 0.717) is 5.88 Å². The summed E-state index contributed by atoms with van der Waals surface area (Å²) in [5, 5.41) is 0. The van der Waals surface area contributed by atoms with Crippen LogP contribution in [0.15, 0.2) is 12.4 Å². The highest BCUT2D eigenvalue weighted by Gasteiger charge is 2.07. The van der Waals surface area contributed by atoms with Gasteiger partial charge in [0.15, 0.2) is 0 Å². The normalized spacial score (nSPS) is 10.3. The summed E-state index contributed by atoms with van der Waals surface area (Å²) in [5.41, 5.74) is 1.08. The Labute approximate surface area is 96.5 Å². The van der Waals surface area contributed by atoms with E-state index in [1.807, 2.05) is 19.3 Å². The molecule has 0 atom stereocenters. The van der Waals surface area contributed by atoms with Gasteiger partial charge >= 0.3 is 0 Å². The highest BCUT2D eigenvalue weighted by atomic mass is 35.5. The van der Waals surface area contributed by atoms with Crippen LogP contribution in [-0.4, -0.2) is 28.9 Å². The third kappa shape index (κ3) is 4.04. The van der Waals surface area contributed by atoms with Gasteiger partial charge in [-0.25, -0.2) is 9.97 Å². The number of alkyl halides is 1. The van der Waals surface area contributed by atoms with E-state index in [1.165, 1.54) is 6.42 Å². The fourth-order valence-electron chi connectivity index (χ4n) is 1.31. The molecule has 15 heavy (non-hydrogen) atoms. The molecule has 0 bridgehead atoms. The van der Waals surface area contributed by atoms with Crippen molar-refractivity contribution in [2.45, 2.75) is 26.7 Å². The molecule has 4 heteroatoms. The minimum absolute atomic E-state index is 0.612. The predicted octanol–water partition coefficient (Wildman–Crippen LogP) is 2.63. The Morgan fingerprint density at radius 3 is 2.47 bits per heavy atom. The zero-order valence-electron chi connectivity index (χ0n) is 9.41. The molecule has 0 N–H and O–H groups in total. The van der Waals surface area contributed by atoms with Gasteiger partial charge in [-0.15, -0.1) is 11.6 Å². The first-order valence-electron chi connectivity index (χ1n) is 5.37. The van der Waals surface area contributed by atoms with Crippen LogP contribution in [0.4, 0.5) is 5.95 Å². The van der Waals surface area contributed by atoms with Crippen LogP contribution >= 0.6 is 11.6 Å². The Morgan fingerprint density at radius 1 is 1.27 bits per heavy atom. The van der Waals surface area contributed by atoms with Crippen LogP contribution < -0.4 is 4.90 Å². The molecular formula is C11H18ClN3. The third-order valence-electron chi connectivity index (χ3n) is 2.19. The molecule has 0 amide bonds. The van der Waals surface area contributed by atoms with Crippen LogP contribution in [0.5, 0.6) is 0 Å². The van der Waals surface area contributed by atoms with Gasteiger partial charge in [0.1, 0.15) is 0 Å². The molecule has 3 nitrogen and oxygen atoms in total. The van der Waals surface area contributed by atoms with E-state index >= 15 is 0 Å². The van der Waals surface area contributed by atoms with E-state index in [2.05, 4.69) is 21.8 Å². The van der Waals surface area contributed by atoms with Gasteiger partial charge in [-0.1, -0.05) is 13.3 Å². The first kappa shape index (κ1) is 12.2. The lowest BCUT2D eigenvalue weighted by Gasteiger charge is -2.20. The Morgan fingerprint density at radius 2 is 1.93 bits per heavy atom. The summed E-state index contributed by atoms with van der Waals surface area (Å²) in [6.07, 6.45) is 6.00. The van der Waals surface area contributed by atoms with Gasteiger partial charge in [-0.05, 0) is 18.9 Å². The van der Waals surface area contributed by atoms with Crippen molar-refractivity contribution in [3.05, 3.63) is 18.0 Å². The zero-order chi connectivity index (χ0) is 11.1. The molecule has 1 aromatic heterocycles. The lowest BCUT2D eigenvalue weighted by Crippen LogP contribution is -2.28. The van der Waals surface area contributed by atoms with Crippen molar-refractivity contribution in [1.82, 2.24) is 9.97 Å². The molecule has 0 radical (unpaired) electrons. The molecule has 0 saturated heterocycles. The maximum absolute atomic E-state index is 5.76. The number of anilines is 1. The van der Waals surface area contributed by atoms with Crippen molar-refractivity contribution in [3.63, 3.8) is 0 Å². The topological polar surface area (TPSA) is 29.0 Å². The number of aryl methyl sites for hydroxylation is 1. The van der Waals surface area contributed by atoms with E-state index in [9.17, 15) is 0 Å². The van der Waals surface area contributed by atoms with Gasteiger partial charge in [-0.2, -0.15) is 0 Å². The summed E-state index contributed by atoms with van der Waals surface area (Å²) < 4.78 is 0. The molecule has 0 aliphatic rings. The van der Waals surface area contributed by atoms with E-state index in [4.69, 9.17) is 11.6 Å². The molecule has 0 aliphatic heterocycles. The predicted molar refractivity (Wildman–Crippen MR) is 64.6 cm³/mol. The van der Waals surface area contributed by atoms with E-state index < -0.39 is 0 Å². The number of halogens is 1. The average Bonchev–Trinajstić information content (AvgIpc) is 2.25. The van der Waals surface area contributed by atoms with Crippen molar-refractivity contribution in [1.29, 1.82) is 0 Å². The third-order valence-corrected chi connectivity index (χ3v) is 2.36. The Balaban J connectivity index is 2.65. The van der Waals surface area contributed by atoms with Crippen molar-refractivity contribution in [3.8, 4) is 0 Å². The van der Waals surface area contributed by atoms with Gasteiger partial charge in [0, 0.05) is 31.4 Å². The fourth-order valence-corrected chi connectivity index (χ4v) is 1.52. The number of aromatic nitrogens is 2. The SMILES string of the molecule is CCCCN(CCCl)c1ncc(C)cn1. The highest BCUT2D eigenvalue weighted by molar-refractivity contribution is 6.18. The molecule has 0 saturated carbocycles. The summed E-state index contributed by atoms with van der Waals surface area (Å²) in [7, 11) is 0. The Kier molecular flexibility index (Phi) is 5.40. The van der Waals surface area contributed by atoms with Gasteiger partial charge in [-0.3, -0.25) is 0 Å². The van der Waals surface area contributed by atoms with Crippen LogP contribution in [0.1, 0.15) is 25.3 Å². The summed E-state index contributed by atoms with van der Waals surface area (Å²) in [6, 6.07) is 0. The number of hydrogen-bond acceptors (Lipinski definition) is 3. The molecule has 1 aromatic rings. The van der Waals surface area contributed by atoms with Gasteiger partial charge in [0.05, 0.1) is 0 Å². The molecule has 1 heterocycles. The van der Waals surface area contributed by atoms with Crippen LogP contribution in [0.2, 0.25) is 0 Å². The number of nitrogens with zero attached hydrogens (tertiary/aromatic N) is 3. The lowest BCUT2D eigenvalue weighted by atomic mass is 10.3. The number of unbranched alkanes of at least 4 members (excludes halogenated alkanes) is 1. The summed E-state index contributed by atoms with van der Waals surface area (Å²) >= 11 is 5.76. The highest BCUT2D eigenvalue weighted by Crippen LogP contribution is 2.08. The summed E-state index contributed by atoms with van der Waals surface area (Å²) in [5.74, 6) is 1.40. The summed E-state index contributed by atoms with van der Waals surface area (Å²) in [6.45, 7) is 5.95. The minimum Gasteiger partial charge on any atom is -0.340 e. The van der Waals surface area contributed by atoms with Gasteiger partial charge < -0.3 is 4.90 Å². The molecule has 84 valence electrons. The molecule has 0 aliphatic carbocycles. The Bertz CT molecular complexity index is 274. The lowest BCUT2D eigenvalue weighted by molar-refractivity contribution is 0.715. The summed E-state index contributed by atoms with van der Waals surface area (Å²) in [4.78, 5) is 10.7. The average molecular weight is 228 g/mol. The smallest absolute Gasteiger partial charge is 0.225 e. The molecule has 0 aromatic carbocycles. The minimum atomic E-state index is 0.612. The van der Waals surface area contributed by atoms with Crippen molar-refractivity contribution in [2.24, 2.45) is 0 Å². The van der Waals surface area contributed by atoms with Crippen molar-refractivity contribution in [2.75, 3.05) is 23.9 Å². The molecule has 0 spiro atoms. The van der Waals surface area contributed by atoms with E-state index in [-0.39, 0.29) is 0 Å². The second-order valence-corrected chi connectivity index (χ2v) is 3.97. The van der Waals surface area contributed by atoms with Crippen LogP contribution in [0.25, 0.3) is 0 Å². The zero-order valence-corrected chi connectivity index (χ0v) is 10.2. The monoisotopic (exact) mass is 227 g/mol. The van der Waals surface area contributed by atoms with Gasteiger partial charge in [0.2, 0.25) is 5.95 Å². The fraction of sp³-hybridized carbons (Fsp3) is 0.636. The van der Waals surface area contributed by atoms with Crippen LogP contribution in [0.3, 0.4) is 0 Å². The maximum atomic E-state index is 5.76. The van der Waals surface area contributed by atoms with Crippen molar-refractivity contribution >= 4 is 17.5 Å². The molecule has 0 fully saturated rings. The maximum Gasteiger partial charge on any atom is 0.225 e. The first-order valence-corrected chi connectivity index (χ1v) is 5.91. The second-order valence-electron chi connectivity index (χ2n) is 3.59. The van der Waals surface area contributed by atoms with Gasteiger partial charge in [0.25, 0.3) is 0 Å². The number of rotatable bonds is 6. The van der Waals surface area contributed by atoms with E-state index in [1.54, 1.807) is 0 Å². The largest absolute Gasteiger partial charge is 0.340 e. The van der Waals surface area contributed by atoms with Crippen LogP contribution in [-0.2, 0) is 0 Å². The van der Waals surface area contributed by atoms with Crippen LogP contribution in [0, 0.1) is 6.92 Å². The Hall–Kier alpha value is -0.830. The molecule has 1 rings (SSSR count). The standard InChI is InChI=1S/C11H18ClN3/c1-3-4-6-15(7-5-12)11-13-8-10(2)9-14-11/h8-9H,3-7H2,1-2H3. The quantitative estimate of drug-likeness (QED) is 0.700. The second kappa shape index (κ2) is 6.62. The first-order chi connectivity index (χ1) is 7.27. The van der Waals surface area contributed by atoms with E-state index in [0.717, 1.165) is 31.0 Å². The molecular weight excluding hydrogens is 210 g/mol. The number of hydrogen-bond donors (Lipinski definition) is 0.